The van der Waals surface area contributed by atoms with Gasteiger partial charge >= 0.3 is 11.7 Å². The largest absolute Gasteiger partial charge is 0.457 e. The van der Waals surface area contributed by atoms with E-state index in [0.717, 1.165) is 0 Å². The molecule has 0 rings (SSSR count). The van der Waals surface area contributed by atoms with Crippen molar-refractivity contribution in [1.82, 2.24) is 0 Å². The van der Waals surface area contributed by atoms with Crippen molar-refractivity contribution in [1.29, 1.82) is 0 Å². The van der Waals surface area contributed by atoms with E-state index in [4.69, 9.17) is 5.53 Å². The molecule has 0 aliphatic rings. The summed E-state index contributed by atoms with van der Waals surface area (Å²) in [7, 11) is 0. The highest BCUT2D eigenvalue weighted by Gasteiger charge is 2.24. The molecule has 0 aromatic carbocycles. The number of hydrogen-bond acceptors (Lipinski definition) is 2. The lowest BCUT2D eigenvalue weighted by Gasteiger charge is -1.98. The van der Waals surface area contributed by atoms with Gasteiger partial charge in [-0.2, -0.15) is 4.79 Å². The van der Waals surface area contributed by atoms with Crippen LogP contribution >= 0.6 is 0 Å². The SMILES string of the molecule is CCOC(=O)C(=[N+]=[N-])C(C)C. The van der Waals surface area contributed by atoms with Crippen LogP contribution in [0.4, 0.5) is 0 Å². The van der Waals surface area contributed by atoms with Crippen LogP contribution in [0.5, 0.6) is 0 Å². The summed E-state index contributed by atoms with van der Waals surface area (Å²) in [6.07, 6.45) is 0. The first-order valence-corrected chi connectivity index (χ1v) is 3.52. The standard InChI is InChI=1S/C7H12N2O2/c1-4-11-7(10)6(9-8)5(2)3/h5H,4H2,1-3H3. The fraction of sp³-hybridized carbons (Fsp3) is 0.714. The molecule has 0 aliphatic heterocycles. The summed E-state index contributed by atoms with van der Waals surface area (Å²) < 4.78 is 4.63. The van der Waals surface area contributed by atoms with Gasteiger partial charge in [-0.15, -0.1) is 0 Å². The van der Waals surface area contributed by atoms with Gasteiger partial charge in [-0.25, -0.2) is 4.79 Å². The second-order valence-electron chi connectivity index (χ2n) is 2.36. The first-order chi connectivity index (χ1) is 5.13. The molecular formula is C7H12N2O2. The molecule has 0 fully saturated rings. The summed E-state index contributed by atoms with van der Waals surface area (Å²) in [6, 6.07) is 0. The third-order valence-corrected chi connectivity index (χ3v) is 1.14. The van der Waals surface area contributed by atoms with Gasteiger partial charge in [0.1, 0.15) is 0 Å². The maximum atomic E-state index is 10.9. The van der Waals surface area contributed by atoms with Crippen LogP contribution in [-0.2, 0) is 9.53 Å². The van der Waals surface area contributed by atoms with Crippen LogP contribution in [0.3, 0.4) is 0 Å². The van der Waals surface area contributed by atoms with Crippen LogP contribution in [0.25, 0.3) is 5.53 Å². The van der Waals surface area contributed by atoms with Crippen molar-refractivity contribution in [2.75, 3.05) is 6.61 Å². The lowest BCUT2D eigenvalue weighted by Crippen LogP contribution is -2.23. The molecule has 0 aromatic rings. The summed E-state index contributed by atoms with van der Waals surface area (Å²) in [5, 5.41) is 0. The third-order valence-electron chi connectivity index (χ3n) is 1.14. The average Bonchev–Trinajstić information content (AvgIpc) is 1.88. The Labute approximate surface area is 65.8 Å². The molecule has 0 aliphatic carbocycles. The van der Waals surface area contributed by atoms with E-state index in [1.165, 1.54) is 0 Å². The zero-order chi connectivity index (χ0) is 8.85. The number of carbonyl (C=O) groups is 1. The number of carbonyl (C=O) groups excluding carboxylic acids is 1. The van der Waals surface area contributed by atoms with Gasteiger partial charge in [-0.1, -0.05) is 13.8 Å². The molecular weight excluding hydrogens is 144 g/mol. The molecule has 0 bridgehead atoms. The summed E-state index contributed by atoms with van der Waals surface area (Å²) in [5.74, 6) is -0.663. The lowest BCUT2D eigenvalue weighted by molar-refractivity contribution is -0.140. The van der Waals surface area contributed by atoms with Crippen molar-refractivity contribution in [2.45, 2.75) is 20.8 Å². The zero-order valence-corrected chi connectivity index (χ0v) is 7.00. The predicted molar refractivity (Wildman–Crippen MR) is 40.1 cm³/mol. The zero-order valence-electron chi connectivity index (χ0n) is 7.00. The van der Waals surface area contributed by atoms with Gasteiger partial charge in [0, 0.05) is 0 Å². The minimum Gasteiger partial charge on any atom is -0.457 e. The highest BCUT2D eigenvalue weighted by atomic mass is 16.5. The minimum absolute atomic E-state index is 0.0619. The molecule has 0 saturated carbocycles. The normalized spacial score (nSPS) is 9.09. The van der Waals surface area contributed by atoms with Crippen molar-refractivity contribution in [3.63, 3.8) is 0 Å². The maximum Gasteiger partial charge on any atom is 0.417 e. The fourth-order valence-electron chi connectivity index (χ4n) is 0.597. The number of nitrogens with zero attached hydrogens (tertiary/aromatic N) is 2. The van der Waals surface area contributed by atoms with Crippen molar-refractivity contribution in [2.24, 2.45) is 5.92 Å². The molecule has 4 heteroatoms. The van der Waals surface area contributed by atoms with Crippen molar-refractivity contribution in [3.05, 3.63) is 5.53 Å². The molecule has 0 saturated heterocycles. The minimum atomic E-state index is -0.551. The van der Waals surface area contributed by atoms with Gasteiger partial charge < -0.3 is 10.3 Å². The second kappa shape index (κ2) is 4.63. The van der Waals surface area contributed by atoms with E-state index < -0.39 is 5.97 Å². The smallest absolute Gasteiger partial charge is 0.417 e. The van der Waals surface area contributed by atoms with E-state index >= 15 is 0 Å². The predicted octanol–water partition coefficient (Wildman–Crippen LogP) is 0.876. The Morgan fingerprint density at radius 2 is 2.18 bits per heavy atom. The number of ether oxygens (including phenoxy) is 1. The van der Waals surface area contributed by atoms with Gasteiger partial charge in [-0.05, 0) is 6.92 Å². The Balaban J connectivity index is 4.29. The molecule has 0 amide bonds. The molecule has 62 valence electrons. The Morgan fingerprint density at radius 1 is 1.64 bits per heavy atom. The van der Waals surface area contributed by atoms with Gasteiger partial charge in [0.15, 0.2) is 0 Å². The first-order valence-electron chi connectivity index (χ1n) is 3.52. The van der Waals surface area contributed by atoms with Crippen LogP contribution in [0, 0.1) is 5.92 Å². The van der Waals surface area contributed by atoms with Crippen LogP contribution in [0.15, 0.2) is 0 Å². The molecule has 0 N–H and O–H groups in total. The van der Waals surface area contributed by atoms with E-state index in [1.54, 1.807) is 20.8 Å². The molecule has 0 radical (unpaired) electrons. The average molecular weight is 156 g/mol. The lowest BCUT2D eigenvalue weighted by atomic mass is 10.1. The third kappa shape index (κ3) is 2.96. The Bertz CT molecular complexity index is 193. The van der Waals surface area contributed by atoms with Gasteiger partial charge in [0.05, 0.1) is 12.5 Å². The molecule has 0 heterocycles. The molecule has 11 heavy (non-hydrogen) atoms. The monoisotopic (exact) mass is 156 g/mol. The van der Waals surface area contributed by atoms with Crippen LogP contribution in [-0.4, -0.2) is 23.1 Å². The van der Waals surface area contributed by atoms with E-state index in [1.807, 2.05) is 0 Å². The molecule has 0 atom stereocenters. The van der Waals surface area contributed by atoms with Gasteiger partial charge in [0.25, 0.3) is 0 Å². The Morgan fingerprint density at radius 3 is 2.45 bits per heavy atom. The van der Waals surface area contributed by atoms with E-state index in [0.29, 0.717) is 6.61 Å². The molecule has 0 aromatic heterocycles. The first kappa shape index (κ1) is 9.85. The Kier molecular flexibility index (Phi) is 4.15. The Hall–Kier alpha value is -1.15. The maximum absolute atomic E-state index is 10.9. The number of hydrogen-bond donors (Lipinski definition) is 0. The summed E-state index contributed by atoms with van der Waals surface area (Å²) in [6.45, 7) is 5.51. The number of esters is 1. The fourth-order valence-corrected chi connectivity index (χ4v) is 0.597. The summed E-state index contributed by atoms with van der Waals surface area (Å²) >= 11 is 0. The number of rotatable bonds is 3. The van der Waals surface area contributed by atoms with Crippen molar-refractivity contribution >= 4 is 11.7 Å². The van der Waals surface area contributed by atoms with Gasteiger partial charge in [-0.3, -0.25) is 0 Å². The van der Waals surface area contributed by atoms with E-state index in [9.17, 15) is 4.79 Å². The van der Waals surface area contributed by atoms with Crippen molar-refractivity contribution < 1.29 is 14.3 Å². The van der Waals surface area contributed by atoms with Gasteiger partial charge in [0.2, 0.25) is 0 Å². The second-order valence-corrected chi connectivity index (χ2v) is 2.36. The van der Waals surface area contributed by atoms with E-state index in [2.05, 4.69) is 9.53 Å². The topological polar surface area (TPSA) is 62.7 Å². The van der Waals surface area contributed by atoms with E-state index in [-0.39, 0.29) is 11.6 Å². The molecule has 0 spiro atoms. The van der Waals surface area contributed by atoms with Crippen LogP contribution < -0.4 is 0 Å². The molecule has 0 unspecified atom stereocenters. The quantitative estimate of drug-likeness (QED) is 0.263. The van der Waals surface area contributed by atoms with Crippen molar-refractivity contribution in [3.8, 4) is 0 Å². The molecule has 4 nitrogen and oxygen atoms in total. The highest BCUT2D eigenvalue weighted by molar-refractivity contribution is 6.34. The summed E-state index contributed by atoms with van der Waals surface area (Å²) in [4.78, 5) is 13.8. The van der Waals surface area contributed by atoms with Crippen LogP contribution in [0.1, 0.15) is 20.8 Å². The highest BCUT2D eigenvalue weighted by Crippen LogP contribution is 1.95. The van der Waals surface area contributed by atoms with Crippen LogP contribution in [0.2, 0.25) is 0 Å². The summed E-state index contributed by atoms with van der Waals surface area (Å²) in [5.41, 5.74) is 8.44.